The zero-order valence-corrected chi connectivity index (χ0v) is 22.4. The van der Waals surface area contributed by atoms with E-state index in [0.717, 1.165) is 10.0 Å². The van der Waals surface area contributed by atoms with E-state index in [2.05, 4.69) is 31.8 Å². The Morgan fingerprint density at radius 2 is 1.76 bits per heavy atom. The van der Waals surface area contributed by atoms with Gasteiger partial charge < -0.3 is 14.8 Å². The Kier molecular flexibility index (Phi) is 10.2. The highest BCUT2D eigenvalue weighted by Crippen LogP contribution is 2.29. The van der Waals surface area contributed by atoms with Crippen molar-refractivity contribution in [3.63, 3.8) is 0 Å². The number of amides is 2. The number of rotatable bonds is 11. The lowest BCUT2D eigenvalue weighted by Crippen LogP contribution is -2.48. The second-order valence-electron chi connectivity index (χ2n) is 8.46. The predicted molar refractivity (Wildman–Crippen MR) is 144 cm³/mol. The largest absolute Gasteiger partial charge is 0.490 e. The minimum Gasteiger partial charge on any atom is -0.490 e. The van der Waals surface area contributed by atoms with E-state index in [1.807, 2.05) is 31.2 Å². The monoisotopic (exact) mass is 569 g/mol. The molecule has 0 aromatic heterocycles. The first-order chi connectivity index (χ1) is 17.8. The quantitative estimate of drug-likeness (QED) is 0.237. The molecular formula is C28H29BrFN3O4. The van der Waals surface area contributed by atoms with Crippen molar-refractivity contribution >= 4 is 34.0 Å². The zero-order valence-electron chi connectivity index (χ0n) is 20.8. The summed E-state index contributed by atoms with van der Waals surface area (Å²) in [4.78, 5) is 25.2. The molecule has 0 radical (unpaired) electrons. The fraction of sp³-hybridized carbons (Fsp3) is 0.250. The summed E-state index contributed by atoms with van der Waals surface area (Å²) < 4.78 is 26.6. The molecule has 3 aromatic rings. The minimum absolute atomic E-state index is 0.129. The van der Waals surface area contributed by atoms with Gasteiger partial charge in [-0.05, 0) is 66.4 Å². The fourth-order valence-electron chi connectivity index (χ4n) is 3.37. The summed E-state index contributed by atoms with van der Waals surface area (Å²) >= 11 is 3.42. The number of ether oxygens (including phenoxy) is 2. The highest BCUT2D eigenvalue weighted by atomic mass is 79.9. The molecule has 0 fully saturated rings. The molecule has 0 aliphatic rings. The maximum atomic E-state index is 13.9. The average molecular weight is 570 g/mol. The molecule has 9 heteroatoms. The number of carbonyl (C=O) groups is 2. The van der Waals surface area contributed by atoms with Gasteiger partial charge in [-0.15, -0.1) is 0 Å². The highest BCUT2D eigenvalue weighted by molar-refractivity contribution is 9.10. The van der Waals surface area contributed by atoms with Gasteiger partial charge in [-0.3, -0.25) is 9.59 Å². The number of hydrazone groups is 1. The van der Waals surface area contributed by atoms with Crippen molar-refractivity contribution in [3.05, 3.63) is 93.7 Å². The van der Waals surface area contributed by atoms with Crippen LogP contribution in [0.2, 0.25) is 0 Å². The van der Waals surface area contributed by atoms with Crippen molar-refractivity contribution in [3.8, 4) is 11.5 Å². The van der Waals surface area contributed by atoms with E-state index >= 15 is 0 Å². The Labute approximate surface area is 224 Å². The molecule has 0 heterocycles. The van der Waals surface area contributed by atoms with Crippen molar-refractivity contribution < 1.29 is 23.5 Å². The van der Waals surface area contributed by atoms with Crippen LogP contribution < -0.4 is 20.2 Å². The second kappa shape index (κ2) is 13.5. The Bertz CT molecular complexity index is 1250. The molecule has 7 nitrogen and oxygen atoms in total. The third-order valence-electron chi connectivity index (χ3n) is 5.32. The van der Waals surface area contributed by atoms with Gasteiger partial charge in [0.15, 0.2) is 11.5 Å². The van der Waals surface area contributed by atoms with E-state index in [0.29, 0.717) is 30.3 Å². The molecule has 0 saturated carbocycles. The number of halogens is 2. The molecule has 2 amide bonds. The maximum absolute atomic E-state index is 13.9. The molecule has 0 spiro atoms. The molecule has 0 bridgehead atoms. The van der Waals surface area contributed by atoms with Gasteiger partial charge in [-0.2, -0.15) is 5.10 Å². The third kappa shape index (κ3) is 8.15. The molecule has 0 saturated heterocycles. The summed E-state index contributed by atoms with van der Waals surface area (Å²) in [6.07, 6.45) is 1.47. The summed E-state index contributed by atoms with van der Waals surface area (Å²) in [5, 5.41) is 6.61. The van der Waals surface area contributed by atoms with E-state index in [1.54, 1.807) is 38.1 Å². The molecule has 2 N–H and O–H groups in total. The molecular weight excluding hydrogens is 541 g/mol. The van der Waals surface area contributed by atoms with E-state index < -0.39 is 23.7 Å². The van der Waals surface area contributed by atoms with Crippen LogP contribution in [0.5, 0.6) is 11.5 Å². The lowest BCUT2D eigenvalue weighted by atomic mass is 10.0. The molecule has 37 heavy (non-hydrogen) atoms. The Balaban J connectivity index is 1.64. The minimum atomic E-state index is -0.905. The van der Waals surface area contributed by atoms with Crippen LogP contribution in [-0.4, -0.2) is 30.7 Å². The summed E-state index contributed by atoms with van der Waals surface area (Å²) in [6.45, 7) is 6.25. The van der Waals surface area contributed by atoms with Crippen LogP contribution in [0.1, 0.15) is 42.3 Å². The third-order valence-corrected chi connectivity index (χ3v) is 5.85. The summed E-state index contributed by atoms with van der Waals surface area (Å²) in [5.74, 6) is -0.965. The summed E-state index contributed by atoms with van der Waals surface area (Å²) in [5.41, 5.74) is 4.01. The van der Waals surface area contributed by atoms with Crippen LogP contribution >= 0.6 is 15.9 Å². The van der Waals surface area contributed by atoms with Gasteiger partial charge in [0, 0.05) is 4.47 Å². The fourth-order valence-corrected chi connectivity index (χ4v) is 3.64. The number of hydrogen-bond donors (Lipinski definition) is 2. The number of nitrogens with zero attached hydrogens (tertiary/aromatic N) is 1. The van der Waals surface area contributed by atoms with Gasteiger partial charge in [-0.25, -0.2) is 9.82 Å². The van der Waals surface area contributed by atoms with Gasteiger partial charge in [0.2, 0.25) is 0 Å². The smallest absolute Gasteiger partial charge is 0.262 e. The van der Waals surface area contributed by atoms with Gasteiger partial charge in [0.05, 0.1) is 18.4 Å². The van der Waals surface area contributed by atoms with Crippen LogP contribution in [0.3, 0.4) is 0 Å². The van der Waals surface area contributed by atoms with Gasteiger partial charge in [0.25, 0.3) is 11.8 Å². The van der Waals surface area contributed by atoms with Gasteiger partial charge in [0.1, 0.15) is 18.5 Å². The van der Waals surface area contributed by atoms with Crippen molar-refractivity contribution in [2.24, 2.45) is 11.0 Å². The molecule has 3 aromatic carbocycles. The number of hydrogen-bond acceptors (Lipinski definition) is 5. The molecule has 0 aliphatic carbocycles. The second-order valence-corrected chi connectivity index (χ2v) is 9.38. The topological polar surface area (TPSA) is 89.0 Å². The highest BCUT2D eigenvalue weighted by Gasteiger charge is 2.25. The van der Waals surface area contributed by atoms with Gasteiger partial charge >= 0.3 is 0 Å². The number of benzene rings is 3. The van der Waals surface area contributed by atoms with Crippen LogP contribution in [-0.2, 0) is 11.4 Å². The van der Waals surface area contributed by atoms with Crippen LogP contribution in [0.25, 0.3) is 0 Å². The SMILES string of the molecule is CCOc1cc(C=NNC(=O)C(NC(=O)c2ccccc2F)C(C)C)ccc1OCc1ccc(Br)cc1. The Morgan fingerprint density at radius 3 is 2.43 bits per heavy atom. The van der Waals surface area contributed by atoms with Crippen LogP contribution in [0.15, 0.2) is 76.3 Å². The Hall–Kier alpha value is -3.72. The lowest BCUT2D eigenvalue weighted by Gasteiger charge is -2.20. The van der Waals surface area contributed by atoms with Crippen LogP contribution in [0.4, 0.5) is 4.39 Å². The first-order valence-electron chi connectivity index (χ1n) is 11.8. The first-order valence-corrected chi connectivity index (χ1v) is 12.6. The standard InChI is InChI=1S/C28H29BrFN3O4/c1-4-36-25-15-20(11-14-24(25)37-17-19-9-12-21(29)13-10-19)16-31-33-28(35)26(18(2)3)32-27(34)22-7-5-6-8-23(22)30/h5-16,18,26H,4,17H2,1-3H3,(H,32,34)(H,33,35). The molecule has 0 aliphatic heterocycles. The van der Waals surface area contributed by atoms with E-state index in [-0.39, 0.29) is 11.5 Å². The van der Waals surface area contributed by atoms with Gasteiger partial charge in [-0.1, -0.05) is 54.0 Å². The number of carbonyl (C=O) groups excluding carboxylic acids is 2. The molecule has 1 unspecified atom stereocenters. The van der Waals surface area contributed by atoms with E-state index in [9.17, 15) is 14.0 Å². The summed E-state index contributed by atoms with van der Waals surface area (Å²) in [6, 6.07) is 17.9. The first kappa shape index (κ1) is 27.9. The normalized spacial score (nSPS) is 11.8. The number of nitrogens with one attached hydrogen (secondary N) is 2. The molecule has 1 atom stereocenters. The van der Waals surface area contributed by atoms with E-state index in [1.165, 1.54) is 24.4 Å². The van der Waals surface area contributed by atoms with Crippen molar-refractivity contribution in [1.29, 1.82) is 0 Å². The molecule has 194 valence electrons. The average Bonchev–Trinajstić information content (AvgIpc) is 2.87. The van der Waals surface area contributed by atoms with Crippen molar-refractivity contribution in [1.82, 2.24) is 10.7 Å². The Morgan fingerprint density at radius 1 is 1.03 bits per heavy atom. The lowest BCUT2D eigenvalue weighted by molar-refractivity contribution is -0.123. The predicted octanol–water partition coefficient (Wildman–Crippen LogP) is 5.47. The van der Waals surface area contributed by atoms with E-state index in [4.69, 9.17) is 9.47 Å². The van der Waals surface area contributed by atoms with Crippen molar-refractivity contribution in [2.75, 3.05) is 6.61 Å². The zero-order chi connectivity index (χ0) is 26.8. The molecule has 3 rings (SSSR count). The maximum Gasteiger partial charge on any atom is 0.262 e. The van der Waals surface area contributed by atoms with Crippen molar-refractivity contribution in [2.45, 2.75) is 33.4 Å². The summed E-state index contributed by atoms with van der Waals surface area (Å²) in [7, 11) is 0. The van der Waals surface area contributed by atoms with Crippen LogP contribution in [0, 0.1) is 11.7 Å².